The van der Waals surface area contributed by atoms with E-state index in [9.17, 15) is 14.9 Å². The first-order valence-electron chi connectivity index (χ1n) is 7.49. The highest BCUT2D eigenvalue weighted by atomic mass is 16.6. The molecule has 2 aromatic carbocycles. The molecule has 2 aromatic rings. The van der Waals surface area contributed by atoms with E-state index in [1.807, 2.05) is 12.1 Å². The summed E-state index contributed by atoms with van der Waals surface area (Å²) < 4.78 is 0. The SMILES string of the molecule is CC(C)CN(C)C(=O)c1ccc(-c2ccc([N+](=O)[O-])cc2)cc1. The van der Waals surface area contributed by atoms with Crippen LogP contribution in [0.25, 0.3) is 11.1 Å². The van der Waals surface area contributed by atoms with Gasteiger partial charge in [-0.05, 0) is 41.3 Å². The molecule has 23 heavy (non-hydrogen) atoms. The average Bonchev–Trinajstić information content (AvgIpc) is 2.53. The predicted octanol–water partition coefficient (Wildman–Crippen LogP) is 3.99. The molecule has 0 aliphatic carbocycles. The molecule has 0 heterocycles. The zero-order valence-corrected chi connectivity index (χ0v) is 13.5. The van der Waals surface area contributed by atoms with Gasteiger partial charge in [-0.2, -0.15) is 0 Å². The third-order valence-corrected chi connectivity index (χ3v) is 3.53. The Balaban J connectivity index is 2.15. The Morgan fingerprint density at radius 1 is 1.04 bits per heavy atom. The van der Waals surface area contributed by atoms with Crippen LogP contribution in [-0.4, -0.2) is 29.3 Å². The molecule has 5 nitrogen and oxygen atoms in total. The standard InChI is InChI=1S/C18H20N2O3/c1-13(2)12-19(3)18(21)16-6-4-14(5-7-16)15-8-10-17(11-9-15)20(22)23/h4-11,13H,12H2,1-3H3. The Morgan fingerprint density at radius 3 is 1.96 bits per heavy atom. The summed E-state index contributed by atoms with van der Waals surface area (Å²) in [5.74, 6) is 0.414. The van der Waals surface area contributed by atoms with Gasteiger partial charge in [-0.15, -0.1) is 0 Å². The van der Waals surface area contributed by atoms with Crippen LogP contribution in [0.2, 0.25) is 0 Å². The molecule has 5 heteroatoms. The molecular formula is C18H20N2O3. The summed E-state index contributed by atoms with van der Waals surface area (Å²) in [4.78, 5) is 24.3. The van der Waals surface area contributed by atoms with Crippen LogP contribution in [0.1, 0.15) is 24.2 Å². The van der Waals surface area contributed by atoms with Crippen LogP contribution in [0.3, 0.4) is 0 Å². The fraction of sp³-hybridized carbons (Fsp3) is 0.278. The molecule has 1 amide bonds. The van der Waals surface area contributed by atoms with Gasteiger partial charge in [0, 0.05) is 31.3 Å². The van der Waals surface area contributed by atoms with Gasteiger partial charge >= 0.3 is 0 Å². The van der Waals surface area contributed by atoms with Gasteiger partial charge in [-0.3, -0.25) is 14.9 Å². The number of hydrogen-bond donors (Lipinski definition) is 0. The summed E-state index contributed by atoms with van der Waals surface area (Å²) in [5.41, 5.74) is 2.50. The van der Waals surface area contributed by atoms with Crippen LogP contribution in [0.5, 0.6) is 0 Å². The molecule has 2 rings (SSSR count). The summed E-state index contributed by atoms with van der Waals surface area (Å²) in [6.45, 7) is 4.85. The maximum Gasteiger partial charge on any atom is 0.269 e. The van der Waals surface area contributed by atoms with Gasteiger partial charge in [-0.1, -0.05) is 26.0 Å². The number of nitro benzene ring substituents is 1. The highest BCUT2D eigenvalue weighted by Crippen LogP contribution is 2.23. The molecule has 0 saturated carbocycles. The highest BCUT2D eigenvalue weighted by molar-refractivity contribution is 5.94. The third-order valence-electron chi connectivity index (χ3n) is 3.53. The Kier molecular flexibility index (Phi) is 5.11. The van der Waals surface area contributed by atoms with E-state index in [4.69, 9.17) is 0 Å². The Morgan fingerprint density at radius 2 is 1.52 bits per heavy atom. The van der Waals surface area contributed by atoms with Gasteiger partial charge in [0.05, 0.1) is 4.92 Å². The fourth-order valence-corrected chi connectivity index (χ4v) is 2.43. The Hall–Kier alpha value is -2.69. The molecule has 0 aliphatic heterocycles. The van der Waals surface area contributed by atoms with Gasteiger partial charge in [-0.25, -0.2) is 0 Å². The third kappa shape index (κ3) is 4.16. The van der Waals surface area contributed by atoms with E-state index in [-0.39, 0.29) is 11.6 Å². The van der Waals surface area contributed by atoms with Crippen LogP contribution in [0.15, 0.2) is 48.5 Å². The number of hydrogen-bond acceptors (Lipinski definition) is 3. The maximum atomic E-state index is 12.3. The van der Waals surface area contributed by atoms with Crippen molar-refractivity contribution < 1.29 is 9.72 Å². The number of benzene rings is 2. The second-order valence-electron chi connectivity index (χ2n) is 5.96. The van der Waals surface area contributed by atoms with Crippen LogP contribution in [0, 0.1) is 16.0 Å². The van der Waals surface area contributed by atoms with Crippen molar-refractivity contribution in [2.45, 2.75) is 13.8 Å². The first kappa shape index (κ1) is 16.7. The van der Waals surface area contributed by atoms with Crippen molar-refractivity contribution >= 4 is 11.6 Å². The lowest BCUT2D eigenvalue weighted by atomic mass is 10.0. The maximum absolute atomic E-state index is 12.3. The lowest BCUT2D eigenvalue weighted by Crippen LogP contribution is -2.30. The van der Waals surface area contributed by atoms with Crippen molar-refractivity contribution in [1.82, 2.24) is 4.90 Å². The molecular weight excluding hydrogens is 292 g/mol. The molecule has 0 fully saturated rings. The topological polar surface area (TPSA) is 63.5 Å². The van der Waals surface area contributed by atoms with E-state index >= 15 is 0 Å². The smallest absolute Gasteiger partial charge is 0.269 e. The molecule has 0 spiro atoms. The largest absolute Gasteiger partial charge is 0.341 e. The molecule has 0 saturated heterocycles. The second kappa shape index (κ2) is 7.05. The van der Waals surface area contributed by atoms with Crippen LogP contribution < -0.4 is 0 Å². The summed E-state index contributed by atoms with van der Waals surface area (Å²) >= 11 is 0. The number of non-ortho nitro benzene ring substituents is 1. The Labute approximate surface area is 135 Å². The second-order valence-corrected chi connectivity index (χ2v) is 5.96. The number of carbonyl (C=O) groups excluding carboxylic acids is 1. The van der Waals surface area contributed by atoms with Crippen LogP contribution in [0.4, 0.5) is 5.69 Å². The normalized spacial score (nSPS) is 10.6. The van der Waals surface area contributed by atoms with Crippen molar-refractivity contribution in [1.29, 1.82) is 0 Å². The fourth-order valence-electron chi connectivity index (χ4n) is 2.43. The van der Waals surface area contributed by atoms with Crippen molar-refractivity contribution in [3.05, 3.63) is 64.2 Å². The number of nitro groups is 1. The lowest BCUT2D eigenvalue weighted by molar-refractivity contribution is -0.384. The summed E-state index contributed by atoms with van der Waals surface area (Å²) in [5, 5.41) is 10.7. The lowest BCUT2D eigenvalue weighted by Gasteiger charge is -2.19. The highest BCUT2D eigenvalue weighted by Gasteiger charge is 2.13. The van der Waals surface area contributed by atoms with E-state index in [1.165, 1.54) is 12.1 Å². The van der Waals surface area contributed by atoms with Gasteiger partial charge in [0.1, 0.15) is 0 Å². The molecule has 0 N–H and O–H groups in total. The molecule has 0 aliphatic rings. The van der Waals surface area contributed by atoms with Gasteiger partial charge in [0.15, 0.2) is 0 Å². The number of carbonyl (C=O) groups is 1. The molecule has 0 aromatic heterocycles. The average molecular weight is 312 g/mol. The van der Waals surface area contributed by atoms with Crippen molar-refractivity contribution in [3.8, 4) is 11.1 Å². The van der Waals surface area contributed by atoms with Gasteiger partial charge in [0.25, 0.3) is 11.6 Å². The summed E-state index contributed by atoms with van der Waals surface area (Å²) in [6, 6.07) is 13.7. The minimum atomic E-state index is -0.421. The van der Waals surface area contributed by atoms with E-state index < -0.39 is 4.92 Å². The zero-order chi connectivity index (χ0) is 17.0. The predicted molar refractivity (Wildman–Crippen MR) is 90.3 cm³/mol. The summed E-state index contributed by atoms with van der Waals surface area (Å²) in [6.07, 6.45) is 0. The number of amides is 1. The van der Waals surface area contributed by atoms with Crippen LogP contribution in [-0.2, 0) is 0 Å². The summed E-state index contributed by atoms with van der Waals surface area (Å²) in [7, 11) is 1.80. The minimum absolute atomic E-state index is 0.00560. The van der Waals surface area contributed by atoms with Gasteiger partial charge < -0.3 is 4.90 Å². The molecule has 120 valence electrons. The van der Waals surface area contributed by atoms with E-state index in [0.29, 0.717) is 18.0 Å². The number of rotatable bonds is 5. The first-order chi connectivity index (χ1) is 10.9. The van der Waals surface area contributed by atoms with E-state index in [0.717, 1.165) is 11.1 Å². The zero-order valence-electron chi connectivity index (χ0n) is 13.5. The molecule has 0 radical (unpaired) electrons. The monoisotopic (exact) mass is 312 g/mol. The molecule has 0 atom stereocenters. The molecule has 0 bridgehead atoms. The Bertz CT molecular complexity index is 691. The first-order valence-corrected chi connectivity index (χ1v) is 7.49. The van der Waals surface area contributed by atoms with E-state index in [1.54, 1.807) is 36.2 Å². The van der Waals surface area contributed by atoms with Crippen LogP contribution >= 0.6 is 0 Å². The molecule has 0 unspecified atom stereocenters. The van der Waals surface area contributed by atoms with Crippen molar-refractivity contribution in [2.75, 3.05) is 13.6 Å². The van der Waals surface area contributed by atoms with Gasteiger partial charge in [0.2, 0.25) is 0 Å². The van der Waals surface area contributed by atoms with E-state index in [2.05, 4.69) is 13.8 Å². The number of nitrogens with zero attached hydrogens (tertiary/aromatic N) is 2. The van der Waals surface area contributed by atoms with Crippen molar-refractivity contribution in [2.24, 2.45) is 5.92 Å². The van der Waals surface area contributed by atoms with Crippen molar-refractivity contribution in [3.63, 3.8) is 0 Å². The minimum Gasteiger partial charge on any atom is -0.341 e. The quantitative estimate of drug-likeness (QED) is 0.619.